The molecule has 1 aromatic carbocycles. The first-order valence-electron chi connectivity index (χ1n) is 5.48. The van der Waals surface area contributed by atoms with Gasteiger partial charge >= 0.3 is 5.97 Å². The van der Waals surface area contributed by atoms with E-state index in [9.17, 15) is 9.00 Å². The summed E-state index contributed by atoms with van der Waals surface area (Å²) in [6.07, 6.45) is -0.0164. The number of aliphatic carboxylic acids is 1. The van der Waals surface area contributed by atoms with Gasteiger partial charge in [0.15, 0.2) is 0 Å². The molecule has 1 N–H and O–H groups in total. The number of hydrogen-bond donors (Lipinski definition) is 1. The summed E-state index contributed by atoms with van der Waals surface area (Å²) in [6, 6.07) is 7.29. The van der Waals surface area contributed by atoms with Crippen LogP contribution in [0.25, 0.3) is 0 Å². The van der Waals surface area contributed by atoms with E-state index in [-0.39, 0.29) is 11.2 Å². The zero-order chi connectivity index (χ0) is 13.1. The molecule has 0 heterocycles. The normalized spacial score (nSPS) is 13.4. The second kappa shape index (κ2) is 5.45. The lowest BCUT2D eigenvalue weighted by atomic mass is 10.1. The van der Waals surface area contributed by atoms with Gasteiger partial charge < -0.3 is 5.11 Å². The second-order valence-corrected chi connectivity index (χ2v) is 7.15. The average molecular weight is 254 g/mol. The van der Waals surface area contributed by atoms with Gasteiger partial charge in [-0.1, -0.05) is 24.3 Å². The van der Waals surface area contributed by atoms with Crippen LogP contribution in [0.4, 0.5) is 0 Å². The molecule has 1 rings (SSSR count). The second-order valence-electron chi connectivity index (χ2n) is 4.94. The third-order valence-electron chi connectivity index (χ3n) is 2.43. The summed E-state index contributed by atoms with van der Waals surface area (Å²) in [5.74, 6) is -0.452. The Hall–Kier alpha value is -1.16. The number of carboxylic acids is 1. The van der Waals surface area contributed by atoms with Crippen molar-refractivity contribution in [1.82, 2.24) is 0 Å². The number of benzene rings is 1. The molecule has 1 atom stereocenters. The van der Waals surface area contributed by atoms with Gasteiger partial charge in [0.05, 0.1) is 6.42 Å². The van der Waals surface area contributed by atoms with Gasteiger partial charge in [0.1, 0.15) is 0 Å². The zero-order valence-electron chi connectivity index (χ0n) is 10.4. The van der Waals surface area contributed by atoms with Crippen LogP contribution >= 0.6 is 0 Å². The highest BCUT2D eigenvalue weighted by Crippen LogP contribution is 2.19. The molecule has 0 amide bonds. The lowest BCUT2D eigenvalue weighted by Crippen LogP contribution is -2.23. The minimum absolute atomic E-state index is 0.0164. The summed E-state index contributed by atoms with van der Waals surface area (Å²) >= 11 is 0. The highest BCUT2D eigenvalue weighted by molar-refractivity contribution is 7.85. The molecule has 0 aliphatic heterocycles. The average Bonchev–Trinajstić information content (AvgIpc) is 2.18. The molecule has 0 bridgehead atoms. The van der Waals surface area contributed by atoms with Gasteiger partial charge in [-0.25, -0.2) is 0 Å². The number of carboxylic acid groups (broad SMARTS) is 1. The smallest absolute Gasteiger partial charge is 0.307 e. The topological polar surface area (TPSA) is 54.4 Å². The van der Waals surface area contributed by atoms with Gasteiger partial charge in [-0.3, -0.25) is 9.00 Å². The van der Waals surface area contributed by atoms with Crippen molar-refractivity contribution >= 4 is 16.8 Å². The van der Waals surface area contributed by atoms with Crippen LogP contribution in [0.2, 0.25) is 0 Å². The maximum Gasteiger partial charge on any atom is 0.307 e. The van der Waals surface area contributed by atoms with E-state index in [0.29, 0.717) is 5.75 Å². The summed E-state index contributed by atoms with van der Waals surface area (Å²) < 4.78 is 11.8. The summed E-state index contributed by atoms with van der Waals surface area (Å²) in [5.41, 5.74) is 1.61. The van der Waals surface area contributed by atoms with Gasteiger partial charge in [-0.15, -0.1) is 0 Å². The van der Waals surface area contributed by atoms with Crippen LogP contribution in [0.3, 0.4) is 0 Å². The number of rotatable bonds is 4. The third kappa shape index (κ3) is 4.30. The largest absolute Gasteiger partial charge is 0.481 e. The fourth-order valence-corrected chi connectivity index (χ4v) is 2.39. The van der Waals surface area contributed by atoms with Crippen LogP contribution < -0.4 is 0 Å². The Bertz CT molecular complexity index is 433. The quantitative estimate of drug-likeness (QED) is 0.897. The van der Waals surface area contributed by atoms with Crippen molar-refractivity contribution in [1.29, 1.82) is 0 Å². The molecular weight excluding hydrogens is 236 g/mol. The van der Waals surface area contributed by atoms with Crippen molar-refractivity contribution in [2.45, 2.75) is 37.7 Å². The summed E-state index contributed by atoms with van der Waals surface area (Å²) in [7, 11) is -1.01. The highest BCUT2D eigenvalue weighted by atomic mass is 32.2. The van der Waals surface area contributed by atoms with E-state index in [1.807, 2.05) is 39.0 Å². The number of carbonyl (C=O) groups is 1. The molecule has 0 aromatic heterocycles. The Morgan fingerprint density at radius 1 is 1.24 bits per heavy atom. The van der Waals surface area contributed by atoms with Gasteiger partial charge in [0.25, 0.3) is 0 Å². The van der Waals surface area contributed by atoms with E-state index in [0.717, 1.165) is 11.1 Å². The standard InChI is InChI=1S/C13H18O3S/c1-13(2,3)17(16)9-11-7-5-4-6-10(11)8-12(14)15/h4-7H,8-9H2,1-3H3,(H,14,15). The first-order chi connectivity index (χ1) is 7.80. The Morgan fingerprint density at radius 3 is 2.24 bits per heavy atom. The van der Waals surface area contributed by atoms with Gasteiger partial charge in [-0.05, 0) is 31.9 Å². The number of hydrogen-bond acceptors (Lipinski definition) is 2. The summed E-state index contributed by atoms with van der Waals surface area (Å²) in [6.45, 7) is 5.76. The zero-order valence-corrected chi connectivity index (χ0v) is 11.2. The van der Waals surface area contributed by atoms with Crippen molar-refractivity contribution in [3.63, 3.8) is 0 Å². The Kier molecular flexibility index (Phi) is 4.46. The van der Waals surface area contributed by atoms with Crippen molar-refractivity contribution in [3.05, 3.63) is 35.4 Å². The fourth-order valence-electron chi connectivity index (χ4n) is 1.39. The molecule has 0 aliphatic rings. The van der Waals surface area contributed by atoms with Crippen LogP contribution in [0.1, 0.15) is 31.9 Å². The van der Waals surface area contributed by atoms with Crippen molar-refractivity contribution < 1.29 is 14.1 Å². The molecule has 0 saturated heterocycles. The minimum Gasteiger partial charge on any atom is -0.481 e. The molecular formula is C13H18O3S. The third-order valence-corrected chi connectivity index (χ3v) is 4.37. The molecule has 4 heteroatoms. The van der Waals surface area contributed by atoms with Gasteiger partial charge in [0.2, 0.25) is 0 Å². The van der Waals surface area contributed by atoms with Crippen molar-refractivity contribution in [3.8, 4) is 0 Å². The Labute approximate surface area is 104 Å². The van der Waals surface area contributed by atoms with Crippen LogP contribution in [0.15, 0.2) is 24.3 Å². The Morgan fingerprint density at radius 2 is 1.76 bits per heavy atom. The van der Waals surface area contributed by atoms with Crippen LogP contribution in [-0.2, 0) is 27.8 Å². The minimum atomic E-state index is -1.01. The van der Waals surface area contributed by atoms with Crippen LogP contribution in [0, 0.1) is 0 Å². The molecule has 0 radical (unpaired) electrons. The van der Waals surface area contributed by atoms with E-state index in [1.54, 1.807) is 6.07 Å². The van der Waals surface area contributed by atoms with E-state index in [2.05, 4.69) is 0 Å². The van der Waals surface area contributed by atoms with Crippen LogP contribution in [0.5, 0.6) is 0 Å². The molecule has 94 valence electrons. The SMILES string of the molecule is CC(C)(C)S(=O)Cc1ccccc1CC(=O)O. The predicted molar refractivity (Wildman–Crippen MR) is 69.4 cm³/mol. The lowest BCUT2D eigenvalue weighted by molar-refractivity contribution is -0.136. The summed E-state index contributed by atoms with van der Waals surface area (Å²) in [4.78, 5) is 10.7. The van der Waals surface area contributed by atoms with E-state index >= 15 is 0 Å². The van der Waals surface area contributed by atoms with Gasteiger partial charge in [-0.2, -0.15) is 0 Å². The molecule has 0 saturated carbocycles. The first kappa shape index (κ1) is 13.9. The van der Waals surface area contributed by atoms with E-state index in [4.69, 9.17) is 5.11 Å². The molecule has 1 unspecified atom stereocenters. The molecule has 17 heavy (non-hydrogen) atoms. The van der Waals surface area contributed by atoms with Crippen molar-refractivity contribution in [2.24, 2.45) is 0 Å². The highest BCUT2D eigenvalue weighted by Gasteiger charge is 2.20. The van der Waals surface area contributed by atoms with Crippen LogP contribution in [-0.4, -0.2) is 20.0 Å². The lowest BCUT2D eigenvalue weighted by Gasteiger charge is -2.18. The van der Waals surface area contributed by atoms with Gasteiger partial charge in [0, 0.05) is 21.3 Å². The molecule has 0 fully saturated rings. The fraction of sp³-hybridized carbons (Fsp3) is 0.462. The molecule has 1 aromatic rings. The maximum atomic E-state index is 12.0. The Balaban J connectivity index is 2.91. The maximum absolute atomic E-state index is 12.0. The van der Waals surface area contributed by atoms with E-state index in [1.165, 1.54) is 0 Å². The summed E-state index contributed by atoms with van der Waals surface area (Å²) in [5, 5.41) is 8.81. The predicted octanol–water partition coefficient (Wildman–Crippen LogP) is 2.36. The first-order valence-corrected chi connectivity index (χ1v) is 6.79. The molecule has 0 aliphatic carbocycles. The molecule has 3 nitrogen and oxygen atoms in total. The van der Waals surface area contributed by atoms with Crippen molar-refractivity contribution in [2.75, 3.05) is 0 Å². The van der Waals surface area contributed by atoms with E-state index < -0.39 is 16.8 Å². The monoisotopic (exact) mass is 254 g/mol. The molecule has 0 spiro atoms.